The first kappa shape index (κ1) is 18.3. The largest absolute Gasteiger partial charge is 0.497 e. The Labute approximate surface area is 157 Å². The average molecular weight is 364 g/mol. The molecule has 0 spiro atoms. The van der Waals surface area contributed by atoms with Gasteiger partial charge in [-0.1, -0.05) is 36.4 Å². The fourth-order valence-electron chi connectivity index (χ4n) is 2.73. The Morgan fingerprint density at radius 2 is 1.56 bits per heavy atom. The smallest absolute Gasteiger partial charge is 0.251 e. The van der Waals surface area contributed by atoms with Crippen LogP contribution in [0.2, 0.25) is 0 Å². The maximum atomic E-state index is 12.3. The Balaban J connectivity index is 1.66. The molecule has 0 heterocycles. The summed E-state index contributed by atoms with van der Waals surface area (Å²) in [6.07, 6.45) is 0. The molecule has 6 nitrogen and oxygen atoms in total. The molecule has 2 amide bonds. The highest BCUT2D eigenvalue weighted by Crippen LogP contribution is 2.23. The molecule has 0 bridgehead atoms. The van der Waals surface area contributed by atoms with Crippen molar-refractivity contribution in [2.24, 2.45) is 0 Å². The van der Waals surface area contributed by atoms with Crippen molar-refractivity contribution < 1.29 is 19.1 Å². The molecule has 3 aromatic carbocycles. The summed E-state index contributed by atoms with van der Waals surface area (Å²) in [4.78, 5) is 24.6. The van der Waals surface area contributed by atoms with E-state index < -0.39 is 0 Å². The summed E-state index contributed by atoms with van der Waals surface area (Å²) >= 11 is 0. The molecule has 0 radical (unpaired) electrons. The van der Waals surface area contributed by atoms with Crippen LogP contribution in [0.5, 0.6) is 11.5 Å². The van der Waals surface area contributed by atoms with Gasteiger partial charge in [0.15, 0.2) is 0 Å². The highest BCUT2D eigenvalue weighted by molar-refractivity contribution is 6.04. The standard InChI is InChI=1S/C21H20N2O4/c1-26-16-10-15(11-17(12-16)27-2)21(25)22-13-20(24)23-19-9-5-7-14-6-3-4-8-18(14)19/h3-12H,13H2,1-2H3,(H,22,25)(H,23,24). The topological polar surface area (TPSA) is 76.7 Å². The monoisotopic (exact) mass is 364 g/mol. The number of benzene rings is 3. The van der Waals surface area contributed by atoms with E-state index in [4.69, 9.17) is 9.47 Å². The number of hydrogen-bond acceptors (Lipinski definition) is 4. The van der Waals surface area contributed by atoms with Crippen LogP contribution < -0.4 is 20.1 Å². The van der Waals surface area contributed by atoms with E-state index in [1.807, 2.05) is 42.5 Å². The van der Waals surface area contributed by atoms with Crippen LogP contribution in [0.15, 0.2) is 60.7 Å². The number of hydrogen-bond donors (Lipinski definition) is 2. The van der Waals surface area contributed by atoms with E-state index in [-0.39, 0.29) is 18.4 Å². The maximum absolute atomic E-state index is 12.3. The summed E-state index contributed by atoms with van der Waals surface area (Å²) in [6.45, 7) is -0.151. The number of methoxy groups -OCH3 is 2. The van der Waals surface area contributed by atoms with Crippen molar-refractivity contribution >= 4 is 28.3 Å². The summed E-state index contributed by atoms with van der Waals surface area (Å²) in [5.74, 6) is 0.300. The number of amides is 2. The zero-order chi connectivity index (χ0) is 19.2. The second kappa shape index (κ2) is 8.23. The van der Waals surface area contributed by atoms with E-state index in [0.29, 0.717) is 22.7 Å². The lowest BCUT2D eigenvalue weighted by Crippen LogP contribution is -2.32. The molecule has 0 saturated carbocycles. The Morgan fingerprint density at radius 1 is 0.889 bits per heavy atom. The van der Waals surface area contributed by atoms with Gasteiger partial charge in [-0.2, -0.15) is 0 Å². The van der Waals surface area contributed by atoms with Crippen LogP contribution in [0.3, 0.4) is 0 Å². The van der Waals surface area contributed by atoms with E-state index in [1.54, 1.807) is 18.2 Å². The first-order valence-corrected chi connectivity index (χ1v) is 8.39. The number of rotatable bonds is 6. The minimum absolute atomic E-state index is 0.151. The van der Waals surface area contributed by atoms with Gasteiger partial charge in [0.25, 0.3) is 5.91 Å². The SMILES string of the molecule is COc1cc(OC)cc(C(=O)NCC(=O)Nc2cccc3ccccc23)c1. The number of ether oxygens (including phenoxy) is 2. The van der Waals surface area contributed by atoms with E-state index in [1.165, 1.54) is 14.2 Å². The molecule has 3 aromatic rings. The first-order valence-electron chi connectivity index (χ1n) is 8.39. The Kier molecular flexibility index (Phi) is 5.56. The van der Waals surface area contributed by atoms with Gasteiger partial charge in [0.1, 0.15) is 11.5 Å². The van der Waals surface area contributed by atoms with Gasteiger partial charge in [-0.25, -0.2) is 0 Å². The van der Waals surface area contributed by atoms with Gasteiger partial charge in [-0.15, -0.1) is 0 Å². The summed E-state index contributed by atoms with van der Waals surface area (Å²) in [5, 5.41) is 7.41. The van der Waals surface area contributed by atoms with Crippen LogP contribution in [-0.4, -0.2) is 32.6 Å². The molecule has 138 valence electrons. The molecule has 6 heteroatoms. The van der Waals surface area contributed by atoms with Crippen LogP contribution >= 0.6 is 0 Å². The van der Waals surface area contributed by atoms with Crippen LogP contribution in [0.4, 0.5) is 5.69 Å². The second-order valence-corrected chi connectivity index (χ2v) is 5.86. The third-order valence-corrected chi connectivity index (χ3v) is 4.09. The summed E-state index contributed by atoms with van der Waals surface area (Å²) in [5.41, 5.74) is 1.06. The lowest BCUT2D eigenvalue weighted by Gasteiger charge is -2.11. The van der Waals surface area contributed by atoms with Crippen molar-refractivity contribution in [1.29, 1.82) is 0 Å². The molecular formula is C21H20N2O4. The molecule has 27 heavy (non-hydrogen) atoms. The molecule has 3 rings (SSSR count). The van der Waals surface area contributed by atoms with Crippen molar-refractivity contribution in [1.82, 2.24) is 5.32 Å². The predicted molar refractivity (Wildman–Crippen MR) is 104 cm³/mol. The van der Waals surface area contributed by atoms with Gasteiger partial charge >= 0.3 is 0 Å². The third kappa shape index (κ3) is 4.36. The summed E-state index contributed by atoms with van der Waals surface area (Å²) in [6, 6.07) is 18.3. The highest BCUT2D eigenvalue weighted by atomic mass is 16.5. The van der Waals surface area contributed by atoms with Crippen LogP contribution in [-0.2, 0) is 4.79 Å². The molecule has 0 atom stereocenters. The number of fused-ring (bicyclic) bond motifs is 1. The second-order valence-electron chi connectivity index (χ2n) is 5.86. The fraction of sp³-hybridized carbons (Fsp3) is 0.143. The van der Waals surface area contributed by atoms with Crippen LogP contribution in [0.25, 0.3) is 10.8 Å². The fourth-order valence-corrected chi connectivity index (χ4v) is 2.73. The maximum Gasteiger partial charge on any atom is 0.251 e. The molecule has 0 aliphatic heterocycles. The average Bonchev–Trinajstić information content (AvgIpc) is 2.71. The van der Waals surface area contributed by atoms with E-state index in [9.17, 15) is 9.59 Å². The van der Waals surface area contributed by atoms with Crippen molar-refractivity contribution in [2.75, 3.05) is 26.1 Å². The van der Waals surface area contributed by atoms with Gasteiger partial charge in [-0.05, 0) is 23.6 Å². The molecule has 0 aromatic heterocycles. The number of carbonyl (C=O) groups is 2. The van der Waals surface area contributed by atoms with E-state index in [2.05, 4.69) is 10.6 Å². The van der Waals surface area contributed by atoms with Crippen molar-refractivity contribution in [3.05, 3.63) is 66.2 Å². The minimum Gasteiger partial charge on any atom is -0.497 e. The van der Waals surface area contributed by atoms with Crippen molar-refractivity contribution in [2.45, 2.75) is 0 Å². The Hall–Kier alpha value is -3.54. The van der Waals surface area contributed by atoms with Gasteiger partial charge < -0.3 is 20.1 Å². The van der Waals surface area contributed by atoms with Crippen molar-refractivity contribution in [3.63, 3.8) is 0 Å². The Bertz CT molecular complexity index is 957. The molecule has 0 aliphatic rings. The van der Waals surface area contributed by atoms with E-state index in [0.717, 1.165) is 10.8 Å². The molecule has 0 aliphatic carbocycles. The zero-order valence-electron chi connectivity index (χ0n) is 15.1. The van der Waals surface area contributed by atoms with Crippen LogP contribution in [0.1, 0.15) is 10.4 Å². The van der Waals surface area contributed by atoms with E-state index >= 15 is 0 Å². The Morgan fingerprint density at radius 3 is 2.26 bits per heavy atom. The highest BCUT2D eigenvalue weighted by Gasteiger charge is 2.12. The molecule has 2 N–H and O–H groups in total. The lowest BCUT2D eigenvalue weighted by molar-refractivity contribution is -0.115. The van der Waals surface area contributed by atoms with Crippen molar-refractivity contribution in [3.8, 4) is 11.5 Å². The molecular weight excluding hydrogens is 344 g/mol. The summed E-state index contributed by atoms with van der Waals surface area (Å²) < 4.78 is 10.3. The molecule has 0 saturated heterocycles. The van der Waals surface area contributed by atoms with Gasteiger partial charge in [-0.3, -0.25) is 9.59 Å². The van der Waals surface area contributed by atoms with Gasteiger partial charge in [0.2, 0.25) is 5.91 Å². The quantitative estimate of drug-likeness (QED) is 0.704. The predicted octanol–water partition coefficient (Wildman–Crippen LogP) is 3.23. The van der Waals surface area contributed by atoms with Gasteiger partial charge in [0, 0.05) is 22.7 Å². The minimum atomic E-state index is -0.389. The zero-order valence-corrected chi connectivity index (χ0v) is 15.1. The first-order chi connectivity index (χ1) is 13.1. The molecule has 0 unspecified atom stereocenters. The number of nitrogens with one attached hydrogen (secondary N) is 2. The molecule has 0 fully saturated rings. The normalized spacial score (nSPS) is 10.3. The lowest BCUT2D eigenvalue weighted by atomic mass is 10.1. The number of anilines is 1. The summed E-state index contributed by atoms with van der Waals surface area (Å²) in [7, 11) is 3.02. The third-order valence-electron chi connectivity index (χ3n) is 4.09. The van der Waals surface area contributed by atoms with Gasteiger partial charge in [0.05, 0.1) is 20.8 Å². The number of carbonyl (C=O) groups excluding carboxylic acids is 2. The van der Waals surface area contributed by atoms with Crippen LogP contribution in [0, 0.1) is 0 Å².